The van der Waals surface area contributed by atoms with Crippen LogP contribution in [0.3, 0.4) is 0 Å². The summed E-state index contributed by atoms with van der Waals surface area (Å²) in [7, 11) is 0. The van der Waals surface area contributed by atoms with E-state index >= 15 is 0 Å². The first-order valence-electron chi connectivity index (χ1n) is 10.9. The molecule has 0 aromatic heterocycles. The van der Waals surface area contributed by atoms with Crippen molar-refractivity contribution in [1.82, 2.24) is 4.90 Å². The van der Waals surface area contributed by atoms with Crippen molar-refractivity contribution in [3.63, 3.8) is 0 Å². The number of amides is 1. The lowest BCUT2D eigenvalue weighted by Gasteiger charge is -2.35. The van der Waals surface area contributed by atoms with Crippen molar-refractivity contribution in [1.29, 1.82) is 0 Å². The predicted molar refractivity (Wildman–Crippen MR) is 117 cm³/mol. The maximum Gasteiger partial charge on any atom is 0.226 e. The third kappa shape index (κ3) is 3.79. The molecule has 0 spiro atoms. The van der Waals surface area contributed by atoms with Gasteiger partial charge in [-0.05, 0) is 28.3 Å². The summed E-state index contributed by atoms with van der Waals surface area (Å²) in [6.45, 7) is 4.89. The van der Waals surface area contributed by atoms with E-state index in [1.165, 1.54) is 27.5 Å². The molecule has 3 aromatic rings. The largest absolute Gasteiger partial charge is 0.338 e. The molecule has 1 saturated heterocycles. The van der Waals surface area contributed by atoms with Gasteiger partial charge in [-0.3, -0.25) is 4.79 Å². The van der Waals surface area contributed by atoms with E-state index in [0.29, 0.717) is 5.91 Å². The van der Waals surface area contributed by atoms with Crippen LogP contribution in [0.1, 0.15) is 29.5 Å². The van der Waals surface area contributed by atoms with Crippen molar-refractivity contribution in [3.8, 4) is 0 Å². The summed E-state index contributed by atoms with van der Waals surface area (Å²) in [6, 6.07) is 23.8. The second-order valence-electron chi connectivity index (χ2n) is 8.62. The van der Waals surface area contributed by atoms with Crippen LogP contribution in [0.15, 0.2) is 66.7 Å². The fourth-order valence-electron chi connectivity index (χ4n) is 5.11. The van der Waals surface area contributed by atoms with E-state index in [-0.39, 0.29) is 5.92 Å². The fourth-order valence-corrected chi connectivity index (χ4v) is 5.11. The second kappa shape index (κ2) is 8.00. The van der Waals surface area contributed by atoms with Crippen LogP contribution in [0.2, 0.25) is 0 Å². The second-order valence-corrected chi connectivity index (χ2v) is 8.62. The van der Waals surface area contributed by atoms with E-state index < -0.39 is 0 Å². The van der Waals surface area contributed by atoms with Gasteiger partial charge in [-0.25, -0.2) is 0 Å². The average molecular weight is 386 g/mol. The zero-order valence-electron chi connectivity index (χ0n) is 16.9. The SMILES string of the molecule is O=C(C1CC[NH+](Cc2cccc3ccccc23)CC1)N1CCc2ccccc2C1. The van der Waals surface area contributed by atoms with Gasteiger partial charge in [0.15, 0.2) is 0 Å². The van der Waals surface area contributed by atoms with Crippen LogP contribution in [0.25, 0.3) is 10.8 Å². The fraction of sp³-hybridized carbons (Fsp3) is 0.346. The minimum absolute atomic E-state index is 0.205. The molecule has 0 aliphatic carbocycles. The molecule has 0 radical (unpaired) electrons. The summed E-state index contributed by atoms with van der Waals surface area (Å²) in [5, 5.41) is 2.69. The normalized spacial score (nSPS) is 21.7. The van der Waals surface area contributed by atoms with Crippen LogP contribution in [0.5, 0.6) is 0 Å². The maximum atomic E-state index is 13.1. The first-order chi connectivity index (χ1) is 14.3. The number of nitrogens with one attached hydrogen (secondary N) is 1. The van der Waals surface area contributed by atoms with E-state index in [1.807, 2.05) is 0 Å². The summed E-state index contributed by atoms with van der Waals surface area (Å²) < 4.78 is 0. The molecule has 29 heavy (non-hydrogen) atoms. The maximum absolute atomic E-state index is 13.1. The minimum atomic E-state index is 0.205. The van der Waals surface area contributed by atoms with Crippen LogP contribution in [-0.4, -0.2) is 30.4 Å². The molecule has 2 aliphatic rings. The summed E-state index contributed by atoms with van der Waals surface area (Å²) in [6.07, 6.45) is 3.02. The number of carbonyl (C=O) groups is 1. The molecule has 2 heterocycles. The minimum Gasteiger partial charge on any atom is -0.338 e. The molecule has 0 bridgehead atoms. The molecular formula is C26H29N2O+. The number of rotatable bonds is 3. The monoisotopic (exact) mass is 385 g/mol. The molecule has 2 aliphatic heterocycles. The molecule has 3 heteroatoms. The van der Waals surface area contributed by atoms with Crippen LogP contribution in [0, 0.1) is 5.92 Å². The average Bonchev–Trinajstić information content (AvgIpc) is 2.79. The molecule has 3 nitrogen and oxygen atoms in total. The van der Waals surface area contributed by atoms with E-state index in [1.54, 1.807) is 4.90 Å². The van der Waals surface area contributed by atoms with Crippen LogP contribution in [-0.2, 0) is 24.3 Å². The summed E-state index contributed by atoms with van der Waals surface area (Å²) in [4.78, 5) is 16.8. The first kappa shape index (κ1) is 18.4. The van der Waals surface area contributed by atoms with Crippen molar-refractivity contribution in [2.75, 3.05) is 19.6 Å². The Morgan fingerprint density at radius 1 is 0.897 bits per heavy atom. The number of hydrogen-bond donors (Lipinski definition) is 1. The Labute approximate surface area is 172 Å². The number of carbonyl (C=O) groups excluding carboxylic acids is 1. The first-order valence-corrected chi connectivity index (χ1v) is 10.9. The van der Waals surface area contributed by atoms with E-state index in [4.69, 9.17) is 0 Å². The molecule has 1 N–H and O–H groups in total. The smallest absolute Gasteiger partial charge is 0.226 e. The zero-order valence-corrected chi connectivity index (χ0v) is 16.9. The van der Waals surface area contributed by atoms with Gasteiger partial charge in [-0.2, -0.15) is 0 Å². The molecule has 5 rings (SSSR count). The number of likely N-dealkylation sites (tertiary alicyclic amines) is 1. The molecule has 1 fully saturated rings. The highest BCUT2D eigenvalue weighted by molar-refractivity contribution is 5.85. The van der Waals surface area contributed by atoms with Crippen molar-refractivity contribution in [3.05, 3.63) is 83.4 Å². The van der Waals surface area contributed by atoms with Crippen molar-refractivity contribution in [2.24, 2.45) is 5.92 Å². The molecular weight excluding hydrogens is 356 g/mol. The topological polar surface area (TPSA) is 24.8 Å². The quantitative estimate of drug-likeness (QED) is 0.736. The summed E-state index contributed by atoms with van der Waals surface area (Å²) in [5.41, 5.74) is 4.16. The number of hydrogen-bond acceptors (Lipinski definition) is 1. The van der Waals surface area contributed by atoms with E-state index in [9.17, 15) is 4.79 Å². The highest BCUT2D eigenvalue weighted by Crippen LogP contribution is 2.23. The Hall–Kier alpha value is -2.65. The lowest BCUT2D eigenvalue weighted by Crippen LogP contribution is -3.11. The van der Waals surface area contributed by atoms with Gasteiger partial charge >= 0.3 is 0 Å². The highest BCUT2D eigenvalue weighted by atomic mass is 16.2. The van der Waals surface area contributed by atoms with Crippen molar-refractivity contribution in [2.45, 2.75) is 32.4 Å². The lowest BCUT2D eigenvalue weighted by molar-refractivity contribution is -0.919. The molecule has 1 amide bonds. The number of quaternary nitrogens is 1. The Morgan fingerprint density at radius 3 is 2.48 bits per heavy atom. The third-order valence-electron chi connectivity index (χ3n) is 6.80. The van der Waals surface area contributed by atoms with Crippen LogP contribution >= 0.6 is 0 Å². The van der Waals surface area contributed by atoms with Crippen LogP contribution < -0.4 is 4.90 Å². The van der Waals surface area contributed by atoms with Gasteiger partial charge in [0.1, 0.15) is 6.54 Å². The molecule has 0 atom stereocenters. The van der Waals surface area contributed by atoms with E-state index in [0.717, 1.165) is 52.0 Å². The molecule has 3 aromatic carbocycles. The molecule has 148 valence electrons. The van der Waals surface area contributed by atoms with Gasteiger partial charge in [0.05, 0.1) is 13.1 Å². The van der Waals surface area contributed by atoms with Crippen molar-refractivity contribution >= 4 is 16.7 Å². The third-order valence-corrected chi connectivity index (χ3v) is 6.80. The summed E-state index contributed by atoms with van der Waals surface area (Å²) in [5.74, 6) is 0.584. The molecule has 0 unspecified atom stereocenters. The van der Waals surface area contributed by atoms with Gasteiger partial charge in [-0.15, -0.1) is 0 Å². The van der Waals surface area contributed by atoms with Crippen molar-refractivity contribution < 1.29 is 9.69 Å². The lowest BCUT2D eigenvalue weighted by atomic mass is 9.92. The number of fused-ring (bicyclic) bond motifs is 2. The Morgan fingerprint density at radius 2 is 1.62 bits per heavy atom. The van der Waals surface area contributed by atoms with E-state index in [2.05, 4.69) is 71.6 Å². The highest BCUT2D eigenvalue weighted by Gasteiger charge is 2.32. The van der Waals surface area contributed by atoms with Gasteiger partial charge in [0, 0.05) is 37.4 Å². The van der Waals surface area contributed by atoms with Gasteiger partial charge in [0.25, 0.3) is 0 Å². The standard InChI is InChI=1S/C26H28N2O/c29-26(28-17-14-20-6-1-2-8-23(20)19-28)22-12-15-27(16-13-22)18-24-10-5-9-21-7-3-4-11-25(21)24/h1-11,22H,12-19H2/p+1. The van der Waals surface area contributed by atoms with Gasteiger partial charge < -0.3 is 9.80 Å². The van der Waals surface area contributed by atoms with Gasteiger partial charge in [0.2, 0.25) is 5.91 Å². The molecule has 0 saturated carbocycles. The summed E-state index contributed by atoms with van der Waals surface area (Å²) >= 11 is 0. The predicted octanol–water partition coefficient (Wildman–Crippen LogP) is 3.22. The Bertz CT molecular complexity index is 1010. The number of piperidine rings is 1. The Kier molecular flexibility index (Phi) is 5.07. The van der Waals surface area contributed by atoms with Crippen LogP contribution in [0.4, 0.5) is 0 Å². The number of benzene rings is 3. The number of nitrogens with zero attached hydrogens (tertiary/aromatic N) is 1. The zero-order chi connectivity index (χ0) is 19.6. The Balaban J connectivity index is 1.20. The van der Waals surface area contributed by atoms with Gasteiger partial charge in [-0.1, -0.05) is 66.7 Å².